The van der Waals surface area contributed by atoms with Crippen molar-refractivity contribution in [2.45, 2.75) is 13.5 Å². The minimum Gasteiger partial charge on any atom is -0.135 e. The molecule has 0 aliphatic heterocycles. The van der Waals surface area contributed by atoms with Gasteiger partial charge in [0.2, 0.25) is 0 Å². The maximum absolute atomic E-state index is 2.37. The quantitative estimate of drug-likeness (QED) is 0.575. The predicted molar refractivity (Wildman–Crippen MR) is 78.1 cm³/mol. The summed E-state index contributed by atoms with van der Waals surface area (Å²) in [7, 11) is -0.0756. The van der Waals surface area contributed by atoms with E-state index in [1.807, 2.05) is 11.3 Å². The molecular weight excluding hydrogens is 228 g/mol. The van der Waals surface area contributed by atoms with Crippen molar-refractivity contribution in [3.8, 4) is 0 Å². The lowest BCUT2D eigenvalue weighted by Gasteiger charge is -1.97. The monoisotopic (exact) mass is 242 g/mol. The molecule has 0 nitrogen and oxygen atoms in total. The lowest BCUT2D eigenvalue weighted by atomic mass is 10.1. The van der Waals surface area contributed by atoms with Crippen molar-refractivity contribution in [3.63, 3.8) is 0 Å². The molecule has 3 aromatic rings. The molecule has 80 valence electrons. The predicted octanol–water partition coefficient (Wildman–Crippen LogP) is 3.21. The van der Waals surface area contributed by atoms with Crippen LogP contribution in [0.3, 0.4) is 0 Å². The highest BCUT2D eigenvalue weighted by Gasteiger charge is 2.07. The molecule has 0 aliphatic rings. The molecule has 2 heteroatoms. The maximum Gasteiger partial charge on any atom is 0.0535 e. The van der Waals surface area contributed by atoms with E-state index in [9.17, 15) is 0 Å². The van der Waals surface area contributed by atoms with Crippen LogP contribution in [0.25, 0.3) is 20.2 Å². The van der Waals surface area contributed by atoms with Gasteiger partial charge < -0.3 is 0 Å². The molecule has 0 aliphatic carbocycles. The molecule has 0 spiro atoms. The normalized spacial score (nSPS) is 12.1. The van der Waals surface area contributed by atoms with E-state index in [1.54, 1.807) is 5.19 Å². The summed E-state index contributed by atoms with van der Waals surface area (Å²) < 4.78 is 2.96. The van der Waals surface area contributed by atoms with Crippen molar-refractivity contribution >= 4 is 46.2 Å². The Bertz CT molecular complexity index is 667. The third-order valence-electron chi connectivity index (χ3n) is 3.12. The molecule has 2 aromatic carbocycles. The Morgan fingerprint density at radius 1 is 1.06 bits per heavy atom. The van der Waals surface area contributed by atoms with Crippen LogP contribution < -0.4 is 5.19 Å². The summed E-state index contributed by atoms with van der Waals surface area (Å²) in [5, 5.41) is 4.48. The van der Waals surface area contributed by atoms with Crippen LogP contribution in [0.4, 0.5) is 0 Å². The number of fused-ring (bicyclic) bond motifs is 3. The fourth-order valence-electron chi connectivity index (χ4n) is 2.24. The minimum atomic E-state index is -0.0756. The molecule has 0 saturated heterocycles. The zero-order chi connectivity index (χ0) is 11.1. The fourth-order valence-corrected chi connectivity index (χ4v) is 5.01. The Hall–Kier alpha value is -1.12. The van der Waals surface area contributed by atoms with Gasteiger partial charge in [0, 0.05) is 20.2 Å². The smallest absolute Gasteiger partial charge is 0.0535 e. The van der Waals surface area contributed by atoms with E-state index in [-0.39, 0.29) is 9.52 Å². The summed E-state index contributed by atoms with van der Waals surface area (Å²) in [5.74, 6) is 0. The van der Waals surface area contributed by atoms with Crippen molar-refractivity contribution in [3.05, 3.63) is 42.0 Å². The molecule has 0 radical (unpaired) electrons. The van der Waals surface area contributed by atoms with Gasteiger partial charge in [0.05, 0.1) is 9.52 Å². The van der Waals surface area contributed by atoms with Crippen LogP contribution in [0.1, 0.15) is 5.56 Å². The standard InChI is InChI=1S/C14H14SSi/c1-9-6-7-10-11-4-3-5-13(16-2)14(11)15-12(10)8-9/h3-8H,16H2,1-2H3. The third kappa shape index (κ3) is 1.41. The molecule has 0 atom stereocenters. The molecule has 0 unspecified atom stereocenters. The molecule has 1 aromatic heterocycles. The summed E-state index contributed by atoms with van der Waals surface area (Å²) in [6, 6.07) is 13.6. The van der Waals surface area contributed by atoms with E-state index in [0.29, 0.717) is 0 Å². The number of benzene rings is 2. The average molecular weight is 242 g/mol. The van der Waals surface area contributed by atoms with Crippen LogP contribution in [0, 0.1) is 6.92 Å². The molecule has 0 amide bonds. The zero-order valence-corrected chi connectivity index (χ0v) is 11.8. The molecule has 1 heterocycles. The Labute approximate surface area is 102 Å². The molecule has 0 bridgehead atoms. The summed E-state index contributed by atoms with van der Waals surface area (Å²) in [5.41, 5.74) is 1.36. The van der Waals surface area contributed by atoms with Crippen molar-refractivity contribution < 1.29 is 0 Å². The molecular formula is C14H14SSi. The van der Waals surface area contributed by atoms with Crippen LogP contribution >= 0.6 is 11.3 Å². The highest BCUT2D eigenvalue weighted by Crippen LogP contribution is 2.32. The molecule has 0 saturated carbocycles. The zero-order valence-electron chi connectivity index (χ0n) is 9.58. The Morgan fingerprint density at radius 2 is 1.94 bits per heavy atom. The minimum absolute atomic E-state index is 0.0756. The summed E-state index contributed by atoms with van der Waals surface area (Å²) in [6.07, 6.45) is 0. The van der Waals surface area contributed by atoms with E-state index in [2.05, 4.69) is 49.9 Å². The van der Waals surface area contributed by atoms with Gasteiger partial charge in [-0.25, -0.2) is 0 Å². The van der Waals surface area contributed by atoms with Gasteiger partial charge in [0.15, 0.2) is 0 Å². The Balaban J connectivity index is 2.49. The first-order valence-electron chi connectivity index (χ1n) is 5.70. The van der Waals surface area contributed by atoms with Gasteiger partial charge in [0.1, 0.15) is 0 Å². The fraction of sp³-hybridized carbons (Fsp3) is 0.143. The average Bonchev–Trinajstić information content (AvgIpc) is 2.65. The summed E-state index contributed by atoms with van der Waals surface area (Å²) in [4.78, 5) is 0. The van der Waals surface area contributed by atoms with Crippen molar-refractivity contribution in [1.82, 2.24) is 0 Å². The van der Waals surface area contributed by atoms with E-state index < -0.39 is 0 Å². The van der Waals surface area contributed by atoms with Gasteiger partial charge in [-0.15, -0.1) is 11.3 Å². The van der Waals surface area contributed by atoms with E-state index in [4.69, 9.17) is 0 Å². The van der Waals surface area contributed by atoms with Gasteiger partial charge in [-0.1, -0.05) is 36.9 Å². The SMILES string of the molecule is C[SiH2]c1cccc2c1sc1cc(C)ccc12. The largest absolute Gasteiger partial charge is 0.135 e. The lowest BCUT2D eigenvalue weighted by molar-refractivity contribution is 1.52. The van der Waals surface area contributed by atoms with Gasteiger partial charge in [-0.3, -0.25) is 0 Å². The summed E-state index contributed by atoms with van der Waals surface area (Å²) >= 11 is 1.96. The molecule has 16 heavy (non-hydrogen) atoms. The van der Waals surface area contributed by atoms with Crippen molar-refractivity contribution in [2.24, 2.45) is 0 Å². The van der Waals surface area contributed by atoms with Gasteiger partial charge in [0.25, 0.3) is 0 Å². The number of hydrogen-bond donors (Lipinski definition) is 0. The number of thiophene rings is 1. The topological polar surface area (TPSA) is 0 Å². The lowest BCUT2D eigenvalue weighted by Crippen LogP contribution is -2.09. The van der Waals surface area contributed by atoms with Gasteiger partial charge >= 0.3 is 0 Å². The number of aryl methyl sites for hydroxylation is 1. The Morgan fingerprint density at radius 3 is 2.75 bits per heavy atom. The van der Waals surface area contributed by atoms with E-state index in [1.165, 1.54) is 25.7 Å². The Kier molecular flexibility index (Phi) is 2.34. The second-order valence-electron chi connectivity index (χ2n) is 4.25. The van der Waals surface area contributed by atoms with E-state index in [0.717, 1.165) is 0 Å². The first-order chi connectivity index (χ1) is 7.79. The third-order valence-corrected chi connectivity index (χ3v) is 5.97. The van der Waals surface area contributed by atoms with E-state index >= 15 is 0 Å². The number of rotatable bonds is 1. The molecule has 0 N–H and O–H groups in total. The van der Waals surface area contributed by atoms with Gasteiger partial charge in [-0.2, -0.15) is 0 Å². The summed E-state index contributed by atoms with van der Waals surface area (Å²) in [6.45, 7) is 4.53. The highest BCUT2D eigenvalue weighted by molar-refractivity contribution is 7.27. The first-order valence-corrected chi connectivity index (χ1v) is 8.64. The van der Waals surface area contributed by atoms with Crippen LogP contribution in [-0.4, -0.2) is 9.52 Å². The maximum atomic E-state index is 2.37. The van der Waals surface area contributed by atoms with Crippen LogP contribution in [0.5, 0.6) is 0 Å². The van der Waals surface area contributed by atoms with Crippen LogP contribution in [-0.2, 0) is 0 Å². The van der Waals surface area contributed by atoms with Gasteiger partial charge in [-0.05, 0) is 23.7 Å². The molecule has 3 rings (SSSR count). The van der Waals surface area contributed by atoms with Crippen LogP contribution in [0.15, 0.2) is 36.4 Å². The van der Waals surface area contributed by atoms with Crippen molar-refractivity contribution in [1.29, 1.82) is 0 Å². The molecule has 0 fully saturated rings. The van der Waals surface area contributed by atoms with Crippen molar-refractivity contribution in [2.75, 3.05) is 0 Å². The van der Waals surface area contributed by atoms with Crippen LogP contribution in [0.2, 0.25) is 6.55 Å². The second kappa shape index (κ2) is 3.72. The number of hydrogen-bond acceptors (Lipinski definition) is 1. The highest BCUT2D eigenvalue weighted by atomic mass is 32.1. The first kappa shape index (κ1) is 10.1. The second-order valence-corrected chi connectivity index (χ2v) is 6.77.